The standard InChI is InChI=1S/C20H28N2O5S/c1-15-5-6-18-17(14-27-20(18)16(15)2)13-19(23)21-7-9-22(10-8-21)28(24,25)12-4-11-26-3/h5-6,14H,4,7-13H2,1-3H3. The second kappa shape index (κ2) is 8.63. The molecular formula is C20H28N2O5S. The maximum Gasteiger partial charge on any atom is 0.227 e. The first-order valence-corrected chi connectivity index (χ1v) is 11.1. The molecule has 1 fully saturated rings. The van der Waals surface area contributed by atoms with Crippen LogP contribution in [0.5, 0.6) is 0 Å². The number of rotatable bonds is 7. The normalized spacial score (nSPS) is 16.0. The monoisotopic (exact) mass is 408 g/mol. The van der Waals surface area contributed by atoms with Gasteiger partial charge in [0.2, 0.25) is 15.9 Å². The minimum atomic E-state index is -3.29. The minimum Gasteiger partial charge on any atom is -0.464 e. The number of carbonyl (C=O) groups excluding carboxylic acids is 1. The molecule has 0 radical (unpaired) electrons. The van der Waals surface area contributed by atoms with E-state index in [4.69, 9.17) is 9.15 Å². The van der Waals surface area contributed by atoms with E-state index in [0.717, 1.165) is 27.7 Å². The van der Waals surface area contributed by atoms with E-state index < -0.39 is 10.0 Å². The van der Waals surface area contributed by atoms with Crippen LogP contribution >= 0.6 is 0 Å². The van der Waals surface area contributed by atoms with Crippen molar-refractivity contribution in [2.75, 3.05) is 45.6 Å². The molecule has 2 heterocycles. The van der Waals surface area contributed by atoms with Crippen molar-refractivity contribution >= 4 is 26.9 Å². The molecule has 1 aromatic carbocycles. The summed E-state index contributed by atoms with van der Waals surface area (Å²) in [5.41, 5.74) is 3.94. The number of benzene rings is 1. The zero-order valence-corrected chi connectivity index (χ0v) is 17.5. The van der Waals surface area contributed by atoms with Gasteiger partial charge in [-0.1, -0.05) is 12.1 Å². The van der Waals surface area contributed by atoms with E-state index in [9.17, 15) is 13.2 Å². The smallest absolute Gasteiger partial charge is 0.227 e. The van der Waals surface area contributed by atoms with Crippen molar-refractivity contribution < 1.29 is 22.4 Å². The molecule has 0 bridgehead atoms. The highest BCUT2D eigenvalue weighted by atomic mass is 32.2. The molecule has 28 heavy (non-hydrogen) atoms. The van der Waals surface area contributed by atoms with Gasteiger partial charge in [-0.2, -0.15) is 4.31 Å². The van der Waals surface area contributed by atoms with Crippen LogP contribution in [0, 0.1) is 13.8 Å². The number of hydrogen-bond donors (Lipinski definition) is 0. The summed E-state index contributed by atoms with van der Waals surface area (Å²) in [6, 6.07) is 4.03. The third kappa shape index (κ3) is 4.39. The molecule has 154 valence electrons. The van der Waals surface area contributed by atoms with Crippen LogP contribution in [-0.4, -0.2) is 69.2 Å². The summed E-state index contributed by atoms with van der Waals surface area (Å²) in [7, 11) is -1.73. The molecule has 0 spiro atoms. The lowest BCUT2D eigenvalue weighted by molar-refractivity contribution is -0.131. The molecule has 0 atom stereocenters. The molecule has 0 saturated carbocycles. The van der Waals surface area contributed by atoms with Gasteiger partial charge in [0.05, 0.1) is 18.4 Å². The Bertz CT molecular complexity index is 943. The van der Waals surface area contributed by atoms with E-state index in [1.54, 1.807) is 18.3 Å². The van der Waals surface area contributed by atoms with Crippen LogP contribution in [-0.2, 0) is 26.0 Å². The maximum absolute atomic E-state index is 12.7. The number of ether oxygens (including phenoxy) is 1. The van der Waals surface area contributed by atoms with Crippen LogP contribution in [0.4, 0.5) is 0 Å². The van der Waals surface area contributed by atoms with Crippen LogP contribution in [0.1, 0.15) is 23.1 Å². The Morgan fingerprint density at radius 2 is 1.89 bits per heavy atom. The maximum atomic E-state index is 12.7. The van der Waals surface area contributed by atoms with Crippen molar-refractivity contribution in [2.24, 2.45) is 0 Å². The zero-order valence-electron chi connectivity index (χ0n) is 16.7. The zero-order chi connectivity index (χ0) is 20.3. The number of nitrogens with zero attached hydrogens (tertiary/aromatic N) is 2. The predicted molar refractivity (Wildman–Crippen MR) is 108 cm³/mol. The fraction of sp³-hybridized carbons (Fsp3) is 0.550. The number of fused-ring (bicyclic) bond motifs is 1. The van der Waals surface area contributed by atoms with Gasteiger partial charge in [0.15, 0.2) is 0 Å². The summed E-state index contributed by atoms with van der Waals surface area (Å²) in [4.78, 5) is 14.5. The summed E-state index contributed by atoms with van der Waals surface area (Å²) < 4.78 is 36.8. The number of piperazine rings is 1. The number of methoxy groups -OCH3 is 1. The molecule has 1 amide bonds. The average molecular weight is 409 g/mol. The van der Waals surface area contributed by atoms with E-state index in [2.05, 4.69) is 0 Å². The van der Waals surface area contributed by atoms with Crippen molar-refractivity contribution in [1.29, 1.82) is 0 Å². The number of hydrogen-bond acceptors (Lipinski definition) is 5. The van der Waals surface area contributed by atoms with E-state index in [1.165, 1.54) is 4.31 Å². The van der Waals surface area contributed by atoms with Gasteiger partial charge in [0.1, 0.15) is 5.58 Å². The Kier molecular flexibility index (Phi) is 6.42. The molecular weight excluding hydrogens is 380 g/mol. The topological polar surface area (TPSA) is 80.1 Å². The number of amides is 1. The number of furan rings is 1. The molecule has 7 nitrogen and oxygen atoms in total. The quantitative estimate of drug-likeness (QED) is 0.656. The fourth-order valence-electron chi connectivity index (χ4n) is 3.53. The summed E-state index contributed by atoms with van der Waals surface area (Å²) in [5.74, 6) is 0.0755. The second-order valence-corrected chi connectivity index (χ2v) is 9.35. The molecule has 1 aromatic heterocycles. The molecule has 1 aliphatic rings. The van der Waals surface area contributed by atoms with Gasteiger partial charge in [0, 0.05) is 50.8 Å². The Balaban J connectivity index is 1.60. The van der Waals surface area contributed by atoms with Gasteiger partial charge in [-0.25, -0.2) is 8.42 Å². The van der Waals surface area contributed by atoms with Gasteiger partial charge >= 0.3 is 0 Å². The van der Waals surface area contributed by atoms with E-state index in [1.807, 2.05) is 26.0 Å². The molecule has 1 aliphatic heterocycles. The second-order valence-electron chi connectivity index (χ2n) is 7.26. The third-order valence-corrected chi connectivity index (χ3v) is 7.38. The van der Waals surface area contributed by atoms with E-state index in [0.29, 0.717) is 39.2 Å². The third-order valence-electron chi connectivity index (χ3n) is 5.42. The van der Waals surface area contributed by atoms with Gasteiger partial charge in [-0.15, -0.1) is 0 Å². The van der Waals surface area contributed by atoms with E-state index in [-0.39, 0.29) is 18.1 Å². The molecule has 0 aliphatic carbocycles. The van der Waals surface area contributed by atoms with Crippen molar-refractivity contribution in [3.05, 3.63) is 35.1 Å². The van der Waals surface area contributed by atoms with Crippen molar-refractivity contribution in [2.45, 2.75) is 26.7 Å². The Morgan fingerprint density at radius 1 is 1.18 bits per heavy atom. The summed E-state index contributed by atoms with van der Waals surface area (Å²) >= 11 is 0. The Hall–Kier alpha value is -1.90. The van der Waals surface area contributed by atoms with Crippen molar-refractivity contribution in [3.63, 3.8) is 0 Å². The first-order valence-electron chi connectivity index (χ1n) is 9.54. The van der Waals surface area contributed by atoms with Gasteiger partial charge in [-0.3, -0.25) is 4.79 Å². The Morgan fingerprint density at radius 3 is 2.57 bits per heavy atom. The van der Waals surface area contributed by atoms with Crippen molar-refractivity contribution in [1.82, 2.24) is 9.21 Å². The summed E-state index contributed by atoms with van der Waals surface area (Å²) in [6.45, 7) is 5.98. The van der Waals surface area contributed by atoms with Gasteiger partial charge < -0.3 is 14.1 Å². The van der Waals surface area contributed by atoms with Crippen LogP contribution in [0.3, 0.4) is 0 Å². The van der Waals surface area contributed by atoms with Crippen molar-refractivity contribution in [3.8, 4) is 0 Å². The number of carbonyl (C=O) groups is 1. The first kappa shape index (κ1) is 20.8. The predicted octanol–water partition coefficient (Wildman–Crippen LogP) is 2.10. The largest absolute Gasteiger partial charge is 0.464 e. The lowest BCUT2D eigenvalue weighted by Gasteiger charge is -2.34. The van der Waals surface area contributed by atoms with E-state index >= 15 is 0 Å². The van der Waals surface area contributed by atoms with Gasteiger partial charge in [-0.05, 0) is 31.4 Å². The SMILES string of the molecule is COCCCS(=O)(=O)N1CCN(C(=O)Cc2coc3c(C)c(C)ccc23)CC1. The molecule has 0 unspecified atom stereocenters. The molecule has 8 heteroatoms. The number of sulfonamides is 1. The van der Waals surface area contributed by atoms with Crippen LogP contribution in [0.2, 0.25) is 0 Å². The lowest BCUT2D eigenvalue weighted by atomic mass is 10.0. The van der Waals surface area contributed by atoms with Crippen LogP contribution < -0.4 is 0 Å². The highest BCUT2D eigenvalue weighted by Gasteiger charge is 2.28. The molecule has 0 N–H and O–H groups in total. The fourth-order valence-corrected chi connectivity index (χ4v) is 4.99. The summed E-state index contributed by atoms with van der Waals surface area (Å²) in [6.07, 6.45) is 2.39. The lowest BCUT2D eigenvalue weighted by Crippen LogP contribution is -2.51. The first-order chi connectivity index (χ1) is 13.3. The minimum absolute atomic E-state index is 0.00245. The van der Waals surface area contributed by atoms with Gasteiger partial charge in [0.25, 0.3) is 0 Å². The van der Waals surface area contributed by atoms with Crippen LogP contribution in [0.15, 0.2) is 22.8 Å². The molecule has 3 rings (SSSR count). The highest BCUT2D eigenvalue weighted by Crippen LogP contribution is 2.27. The number of aryl methyl sites for hydroxylation is 2. The van der Waals surface area contributed by atoms with Crippen LogP contribution in [0.25, 0.3) is 11.0 Å². The highest BCUT2D eigenvalue weighted by molar-refractivity contribution is 7.89. The summed E-state index contributed by atoms with van der Waals surface area (Å²) in [5, 5.41) is 0.968. The molecule has 1 saturated heterocycles. The average Bonchev–Trinajstić information content (AvgIpc) is 3.08. The Labute approximate surface area is 166 Å². The molecule has 2 aromatic rings.